The van der Waals surface area contributed by atoms with Gasteiger partial charge in [-0.2, -0.15) is 0 Å². The zero-order chi connectivity index (χ0) is 21.5. The van der Waals surface area contributed by atoms with Crippen LogP contribution in [0.25, 0.3) is 16.6 Å². The van der Waals surface area contributed by atoms with Gasteiger partial charge in [0.15, 0.2) is 5.69 Å². The van der Waals surface area contributed by atoms with Crippen molar-refractivity contribution in [1.29, 1.82) is 0 Å². The van der Waals surface area contributed by atoms with E-state index in [1.54, 1.807) is 28.9 Å². The fourth-order valence-electron chi connectivity index (χ4n) is 3.94. The summed E-state index contributed by atoms with van der Waals surface area (Å²) in [6, 6.07) is 6.66. The molecule has 3 aromatic heterocycles. The number of aromatic nitrogens is 4. The number of nitrogens with zero attached hydrogens (tertiary/aromatic N) is 4. The lowest BCUT2D eigenvalue weighted by molar-refractivity contribution is 0.0693. The van der Waals surface area contributed by atoms with Crippen molar-refractivity contribution < 1.29 is 19.0 Å². The molecule has 156 valence electrons. The number of fused-ring (bicyclic) bond motifs is 2. The molecule has 1 aliphatic rings. The van der Waals surface area contributed by atoms with E-state index in [-0.39, 0.29) is 18.1 Å². The number of carbonyl (C=O) groups is 1. The number of ether oxygens (including phenoxy) is 1. The molecule has 9 heteroatoms. The molecule has 0 spiro atoms. The van der Waals surface area contributed by atoms with Gasteiger partial charge in [-0.15, -0.1) is 0 Å². The summed E-state index contributed by atoms with van der Waals surface area (Å²) in [6.45, 7) is 2.54. The smallest absolute Gasteiger partial charge is 0.356 e. The van der Waals surface area contributed by atoms with Crippen LogP contribution in [-0.4, -0.2) is 37.0 Å². The van der Waals surface area contributed by atoms with Crippen molar-refractivity contribution in [2.45, 2.75) is 19.9 Å². The van der Waals surface area contributed by atoms with Crippen LogP contribution in [0.2, 0.25) is 0 Å². The minimum Gasteiger partial charge on any atom is -0.493 e. The number of halogens is 1. The molecule has 2 N–H and O–H groups in total. The van der Waals surface area contributed by atoms with Gasteiger partial charge in [0.25, 0.3) is 0 Å². The molecule has 5 rings (SSSR count). The number of imidazole rings is 1. The Bertz CT molecular complexity index is 1330. The summed E-state index contributed by atoms with van der Waals surface area (Å²) in [5, 5.41) is 12.8. The number of aromatic carboxylic acids is 1. The number of pyridine rings is 1. The SMILES string of the molecule is Cc1ncccc1-c1cnc(NCc2c(F)ccc3c2CCO3)n2cnc(C(=O)O)c12. The Hall–Kier alpha value is -4.01. The second kappa shape index (κ2) is 7.35. The van der Waals surface area contributed by atoms with Gasteiger partial charge in [-0.05, 0) is 25.1 Å². The van der Waals surface area contributed by atoms with Crippen molar-refractivity contribution in [3.8, 4) is 16.9 Å². The van der Waals surface area contributed by atoms with E-state index in [4.69, 9.17) is 4.74 Å². The van der Waals surface area contributed by atoms with Crippen LogP contribution in [0.5, 0.6) is 5.75 Å². The third-order valence-corrected chi connectivity index (χ3v) is 5.43. The van der Waals surface area contributed by atoms with Crippen LogP contribution < -0.4 is 10.1 Å². The summed E-state index contributed by atoms with van der Waals surface area (Å²) in [5.41, 5.74) is 3.75. The van der Waals surface area contributed by atoms with E-state index >= 15 is 0 Å². The molecule has 4 aromatic rings. The minimum atomic E-state index is -1.15. The monoisotopic (exact) mass is 419 g/mol. The predicted molar refractivity (Wildman–Crippen MR) is 111 cm³/mol. The third kappa shape index (κ3) is 3.14. The zero-order valence-electron chi connectivity index (χ0n) is 16.6. The quantitative estimate of drug-likeness (QED) is 0.511. The number of hydrogen-bond donors (Lipinski definition) is 2. The van der Waals surface area contributed by atoms with Crippen LogP contribution in [0.4, 0.5) is 10.3 Å². The maximum Gasteiger partial charge on any atom is 0.356 e. The second-order valence-electron chi connectivity index (χ2n) is 7.20. The number of aryl methyl sites for hydroxylation is 1. The fourth-order valence-corrected chi connectivity index (χ4v) is 3.94. The number of anilines is 1. The highest BCUT2D eigenvalue weighted by Crippen LogP contribution is 2.32. The van der Waals surface area contributed by atoms with E-state index in [1.807, 2.05) is 13.0 Å². The maximum absolute atomic E-state index is 14.5. The van der Waals surface area contributed by atoms with Gasteiger partial charge < -0.3 is 15.2 Å². The highest BCUT2D eigenvalue weighted by molar-refractivity contribution is 5.99. The molecule has 31 heavy (non-hydrogen) atoms. The maximum atomic E-state index is 14.5. The Morgan fingerprint density at radius 2 is 2.13 bits per heavy atom. The van der Waals surface area contributed by atoms with Crippen molar-refractivity contribution >= 4 is 17.4 Å². The van der Waals surface area contributed by atoms with Crippen LogP contribution in [0.3, 0.4) is 0 Å². The molecule has 8 nitrogen and oxygen atoms in total. The Labute approximate surface area is 176 Å². The highest BCUT2D eigenvalue weighted by atomic mass is 19.1. The van der Waals surface area contributed by atoms with E-state index in [0.717, 1.165) is 16.8 Å². The first-order valence-electron chi connectivity index (χ1n) is 9.73. The number of benzene rings is 1. The molecule has 0 aliphatic carbocycles. The van der Waals surface area contributed by atoms with E-state index < -0.39 is 5.97 Å². The summed E-state index contributed by atoms with van der Waals surface area (Å²) < 4.78 is 21.6. The van der Waals surface area contributed by atoms with Crippen LogP contribution in [0, 0.1) is 12.7 Å². The molecule has 0 bridgehead atoms. The summed E-state index contributed by atoms with van der Waals surface area (Å²) >= 11 is 0. The Morgan fingerprint density at radius 3 is 2.94 bits per heavy atom. The first-order valence-corrected chi connectivity index (χ1v) is 9.73. The zero-order valence-corrected chi connectivity index (χ0v) is 16.6. The minimum absolute atomic E-state index is 0.0936. The molecule has 0 radical (unpaired) electrons. The number of rotatable bonds is 5. The van der Waals surface area contributed by atoms with E-state index in [9.17, 15) is 14.3 Å². The Balaban J connectivity index is 1.59. The molecule has 0 unspecified atom stereocenters. The van der Waals surface area contributed by atoms with Gasteiger partial charge in [-0.1, -0.05) is 6.07 Å². The summed E-state index contributed by atoms with van der Waals surface area (Å²) in [4.78, 5) is 24.6. The van der Waals surface area contributed by atoms with Gasteiger partial charge in [0.2, 0.25) is 5.95 Å². The summed E-state index contributed by atoms with van der Waals surface area (Å²) in [5.74, 6) is -0.426. The van der Waals surface area contributed by atoms with Gasteiger partial charge >= 0.3 is 5.97 Å². The van der Waals surface area contributed by atoms with Crippen molar-refractivity contribution in [3.63, 3.8) is 0 Å². The van der Waals surface area contributed by atoms with Crippen molar-refractivity contribution in [3.05, 3.63) is 71.3 Å². The lowest BCUT2D eigenvalue weighted by Crippen LogP contribution is -2.10. The van der Waals surface area contributed by atoms with Crippen LogP contribution >= 0.6 is 0 Å². The lowest BCUT2D eigenvalue weighted by Gasteiger charge is -2.14. The van der Waals surface area contributed by atoms with Crippen molar-refractivity contribution in [2.75, 3.05) is 11.9 Å². The molecule has 0 fully saturated rings. The van der Waals surface area contributed by atoms with Gasteiger partial charge in [-0.3, -0.25) is 9.38 Å². The van der Waals surface area contributed by atoms with Crippen LogP contribution in [0.15, 0.2) is 43.0 Å². The number of carboxylic acids is 1. The van der Waals surface area contributed by atoms with Crippen molar-refractivity contribution in [1.82, 2.24) is 19.4 Å². The van der Waals surface area contributed by atoms with Crippen LogP contribution in [0.1, 0.15) is 27.3 Å². The predicted octanol–water partition coefficient (Wildman–Crippen LogP) is 3.48. The fraction of sp³-hybridized carbons (Fsp3) is 0.182. The Morgan fingerprint density at radius 1 is 1.26 bits per heavy atom. The lowest BCUT2D eigenvalue weighted by atomic mass is 10.0. The van der Waals surface area contributed by atoms with Gasteiger partial charge in [0, 0.05) is 53.3 Å². The molecule has 1 aromatic carbocycles. The highest BCUT2D eigenvalue weighted by Gasteiger charge is 2.22. The third-order valence-electron chi connectivity index (χ3n) is 5.43. The van der Waals surface area contributed by atoms with E-state index in [0.29, 0.717) is 41.4 Å². The van der Waals surface area contributed by atoms with Crippen LogP contribution in [-0.2, 0) is 13.0 Å². The summed E-state index contributed by atoms with van der Waals surface area (Å²) in [6.07, 6.45) is 5.30. The molecule has 0 atom stereocenters. The normalized spacial score (nSPS) is 12.6. The molecule has 1 aliphatic heterocycles. The molecule has 0 saturated carbocycles. The average Bonchev–Trinajstić information content (AvgIpc) is 3.41. The second-order valence-corrected chi connectivity index (χ2v) is 7.20. The first-order chi connectivity index (χ1) is 15.0. The molecular formula is C22H18FN5O3. The molecule has 4 heterocycles. The molecular weight excluding hydrogens is 401 g/mol. The van der Waals surface area contributed by atoms with Gasteiger partial charge in [0.1, 0.15) is 17.9 Å². The number of carboxylic acid groups (broad SMARTS) is 1. The Kier molecular flexibility index (Phi) is 4.50. The number of nitrogens with one attached hydrogen (secondary N) is 1. The molecule has 0 amide bonds. The topological polar surface area (TPSA) is 102 Å². The standard InChI is InChI=1S/C22H18FN5O3/c1-12-13(3-2-7-24-12)16-10-26-22(28-11-27-19(20(16)28)21(29)30)25-9-15-14-6-8-31-18(14)5-4-17(15)23/h2-5,7,10-11H,6,8-9H2,1H3,(H,25,26)(H,29,30). The average molecular weight is 419 g/mol. The largest absolute Gasteiger partial charge is 0.493 e. The summed E-state index contributed by atoms with van der Waals surface area (Å²) in [7, 11) is 0. The molecule has 0 saturated heterocycles. The number of hydrogen-bond acceptors (Lipinski definition) is 6. The van der Waals surface area contributed by atoms with Gasteiger partial charge in [-0.25, -0.2) is 19.2 Å². The van der Waals surface area contributed by atoms with Gasteiger partial charge in [0.05, 0.1) is 12.1 Å². The first kappa shape index (κ1) is 19.0. The van der Waals surface area contributed by atoms with Crippen molar-refractivity contribution in [2.24, 2.45) is 0 Å². The van der Waals surface area contributed by atoms with E-state index in [1.165, 1.54) is 12.4 Å². The van der Waals surface area contributed by atoms with E-state index in [2.05, 4.69) is 20.3 Å².